The van der Waals surface area contributed by atoms with E-state index >= 15 is 0 Å². The first-order valence-corrected chi connectivity index (χ1v) is 8.83. The third-order valence-electron chi connectivity index (χ3n) is 4.35. The molecule has 0 amide bonds. The van der Waals surface area contributed by atoms with Crippen molar-refractivity contribution in [2.75, 3.05) is 23.3 Å². The summed E-state index contributed by atoms with van der Waals surface area (Å²) in [5.74, 6) is 0.963. The van der Waals surface area contributed by atoms with E-state index in [0.717, 1.165) is 24.3 Å². The van der Waals surface area contributed by atoms with E-state index in [1.165, 1.54) is 18.5 Å². The lowest BCUT2D eigenvalue weighted by Crippen LogP contribution is -2.17. The molecule has 0 aliphatic carbocycles. The highest BCUT2D eigenvalue weighted by Crippen LogP contribution is 2.26. The third-order valence-corrected chi connectivity index (χ3v) is 4.68. The van der Waals surface area contributed by atoms with Crippen LogP contribution in [0.25, 0.3) is 11.5 Å². The molecule has 1 saturated heterocycles. The van der Waals surface area contributed by atoms with Crippen molar-refractivity contribution < 1.29 is 4.42 Å². The molecule has 1 aromatic heterocycles. The average molecular weight is 355 g/mol. The molecule has 2 aromatic carbocycles. The number of halogens is 1. The third kappa shape index (κ3) is 3.61. The topological polar surface area (TPSA) is 54.2 Å². The first-order chi connectivity index (χ1) is 12.3. The fourth-order valence-electron chi connectivity index (χ4n) is 3.01. The molecule has 6 heteroatoms. The zero-order chi connectivity index (χ0) is 17.1. The highest BCUT2D eigenvalue weighted by Gasteiger charge is 2.13. The van der Waals surface area contributed by atoms with Gasteiger partial charge in [-0.15, -0.1) is 10.2 Å². The van der Waals surface area contributed by atoms with Crippen LogP contribution in [0.3, 0.4) is 0 Å². The number of aromatic nitrogens is 2. The standard InChI is InChI=1S/C19H19ClN4O/c20-17-6-2-1-5-16(17)19-23-22-18(25-19)13-21-14-7-9-15(10-8-14)24-11-3-4-12-24/h1-2,5-10,21H,3-4,11-13H2. The first-order valence-electron chi connectivity index (χ1n) is 8.46. The summed E-state index contributed by atoms with van der Waals surface area (Å²) in [6.07, 6.45) is 2.57. The van der Waals surface area contributed by atoms with E-state index in [2.05, 4.69) is 44.7 Å². The lowest BCUT2D eigenvalue weighted by molar-refractivity contribution is 0.515. The van der Waals surface area contributed by atoms with Crippen molar-refractivity contribution in [2.45, 2.75) is 19.4 Å². The number of nitrogens with one attached hydrogen (secondary N) is 1. The summed E-state index contributed by atoms with van der Waals surface area (Å²) >= 11 is 6.16. The van der Waals surface area contributed by atoms with Gasteiger partial charge in [0, 0.05) is 24.5 Å². The Balaban J connectivity index is 1.39. The van der Waals surface area contributed by atoms with Gasteiger partial charge in [-0.3, -0.25) is 0 Å². The zero-order valence-corrected chi connectivity index (χ0v) is 14.5. The van der Waals surface area contributed by atoms with Gasteiger partial charge in [0.1, 0.15) is 0 Å². The minimum absolute atomic E-state index is 0.437. The first kappa shape index (κ1) is 16.0. The maximum absolute atomic E-state index is 6.16. The number of hydrogen-bond donors (Lipinski definition) is 1. The minimum atomic E-state index is 0.437. The summed E-state index contributed by atoms with van der Waals surface area (Å²) < 4.78 is 5.70. The van der Waals surface area contributed by atoms with E-state index in [4.69, 9.17) is 16.0 Å². The summed E-state index contributed by atoms with van der Waals surface area (Å²) in [5.41, 5.74) is 3.06. The maximum atomic E-state index is 6.16. The van der Waals surface area contributed by atoms with E-state index < -0.39 is 0 Å². The Bertz CT molecular complexity index is 841. The Labute approximate surface area is 151 Å². The molecule has 0 spiro atoms. The number of nitrogens with zero attached hydrogens (tertiary/aromatic N) is 3. The van der Waals surface area contributed by atoms with Crippen LogP contribution in [0.5, 0.6) is 0 Å². The van der Waals surface area contributed by atoms with Crippen molar-refractivity contribution in [3.05, 3.63) is 59.4 Å². The largest absolute Gasteiger partial charge is 0.419 e. The molecule has 1 fully saturated rings. The van der Waals surface area contributed by atoms with Gasteiger partial charge in [0.05, 0.1) is 17.1 Å². The van der Waals surface area contributed by atoms with Crippen LogP contribution in [0.4, 0.5) is 11.4 Å². The summed E-state index contributed by atoms with van der Waals surface area (Å²) in [7, 11) is 0. The van der Waals surface area contributed by atoms with E-state index in [0.29, 0.717) is 23.3 Å². The molecule has 0 bridgehead atoms. The predicted octanol–water partition coefficient (Wildman–Crippen LogP) is 4.60. The van der Waals surface area contributed by atoms with Crippen molar-refractivity contribution in [3.8, 4) is 11.5 Å². The lowest BCUT2D eigenvalue weighted by Gasteiger charge is -2.17. The van der Waals surface area contributed by atoms with Crippen LogP contribution in [-0.2, 0) is 6.54 Å². The van der Waals surface area contributed by atoms with Gasteiger partial charge in [-0.2, -0.15) is 0 Å². The van der Waals surface area contributed by atoms with Crippen molar-refractivity contribution in [3.63, 3.8) is 0 Å². The molecule has 0 radical (unpaired) electrons. The number of benzene rings is 2. The number of rotatable bonds is 5. The summed E-state index contributed by atoms with van der Waals surface area (Å²) in [6.45, 7) is 2.78. The predicted molar refractivity (Wildman–Crippen MR) is 100.0 cm³/mol. The van der Waals surface area contributed by atoms with Gasteiger partial charge in [0.15, 0.2) is 0 Å². The van der Waals surface area contributed by atoms with Crippen LogP contribution >= 0.6 is 11.6 Å². The molecule has 1 N–H and O–H groups in total. The van der Waals surface area contributed by atoms with Gasteiger partial charge in [-0.25, -0.2) is 0 Å². The van der Waals surface area contributed by atoms with Crippen molar-refractivity contribution in [1.29, 1.82) is 0 Å². The van der Waals surface area contributed by atoms with E-state index in [1.54, 1.807) is 6.07 Å². The fraction of sp³-hybridized carbons (Fsp3) is 0.263. The van der Waals surface area contributed by atoms with Gasteiger partial charge in [0.25, 0.3) is 0 Å². The van der Waals surface area contributed by atoms with Crippen molar-refractivity contribution in [1.82, 2.24) is 10.2 Å². The molecule has 2 heterocycles. The molecule has 0 unspecified atom stereocenters. The van der Waals surface area contributed by atoms with Gasteiger partial charge in [-0.1, -0.05) is 23.7 Å². The van der Waals surface area contributed by atoms with Gasteiger partial charge in [0.2, 0.25) is 11.8 Å². The minimum Gasteiger partial charge on any atom is -0.419 e. The van der Waals surface area contributed by atoms with Gasteiger partial charge < -0.3 is 14.6 Å². The molecule has 5 nitrogen and oxygen atoms in total. The molecule has 1 aliphatic heterocycles. The molecule has 1 aliphatic rings. The van der Waals surface area contributed by atoms with Crippen LogP contribution in [0, 0.1) is 0 Å². The number of hydrogen-bond acceptors (Lipinski definition) is 5. The van der Waals surface area contributed by atoms with Gasteiger partial charge >= 0.3 is 0 Å². The fourth-order valence-corrected chi connectivity index (χ4v) is 3.23. The van der Waals surface area contributed by atoms with E-state index in [9.17, 15) is 0 Å². The van der Waals surface area contributed by atoms with Crippen LogP contribution in [0.2, 0.25) is 5.02 Å². The second-order valence-electron chi connectivity index (χ2n) is 6.08. The Kier molecular flexibility index (Phi) is 4.57. The number of anilines is 2. The van der Waals surface area contributed by atoms with Crippen LogP contribution in [0.15, 0.2) is 52.9 Å². The smallest absolute Gasteiger partial charge is 0.249 e. The van der Waals surface area contributed by atoms with Gasteiger partial charge in [-0.05, 0) is 49.2 Å². The van der Waals surface area contributed by atoms with Crippen LogP contribution in [0.1, 0.15) is 18.7 Å². The van der Waals surface area contributed by atoms with E-state index in [-0.39, 0.29) is 0 Å². The summed E-state index contributed by atoms with van der Waals surface area (Å²) in [4.78, 5) is 2.41. The van der Waals surface area contributed by atoms with Crippen LogP contribution < -0.4 is 10.2 Å². The Morgan fingerprint density at radius 1 is 1.00 bits per heavy atom. The highest BCUT2D eigenvalue weighted by atomic mass is 35.5. The molecule has 128 valence electrons. The SMILES string of the molecule is Clc1ccccc1-c1nnc(CNc2ccc(N3CCCC3)cc2)o1. The van der Waals surface area contributed by atoms with Crippen molar-refractivity contribution in [2.24, 2.45) is 0 Å². The van der Waals surface area contributed by atoms with Crippen LogP contribution in [-0.4, -0.2) is 23.3 Å². The molecule has 3 aromatic rings. The Morgan fingerprint density at radius 2 is 1.76 bits per heavy atom. The molecule has 0 atom stereocenters. The normalized spacial score (nSPS) is 14.0. The monoisotopic (exact) mass is 354 g/mol. The molecule has 0 saturated carbocycles. The van der Waals surface area contributed by atoms with Crippen molar-refractivity contribution >= 4 is 23.0 Å². The molecular formula is C19H19ClN4O. The molecule has 4 rings (SSSR count). The Hall–Kier alpha value is -2.53. The zero-order valence-electron chi connectivity index (χ0n) is 13.8. The molecule has 25 heavy (non-hydrogen) atoms. The van der Waals surface area contributed by atoms with E-state index in [1.807, 2.05) is 18.2 Å². The Morgan fingerprint density at radius 3 is 2.52 bits per heavy atom. The quantitative estimate of drug-likeness (QED) is 0.725. The second kappa shape index (κ2) is 7.15. The summed E-state index contributed by atoms with van der Waals surface area (Å²) in [6, 6.07) is 15.9. The highest BCUT2D eigenvalue weighted by molar-refractivity contribution is 6.33. The molecular weight excluding hydrogens is 336 g/mol. The maximum Gasteiger partial charge on any atom is 0.249 e. The summed E-state index contributed by atoms with van der Waals surface area (Å²) in [5, 5.41) is 12.1. The average Bonchev–Trinajstić information content (AvgIpc) is 3.33. The second-order valence-corrected chi connectivity index (χ2v) is 6.48. The lowest BCUT2D eigenvalue weighted by atomic mass is 10.2.